The standard InChI is InChI=1S/C21H38O2/c1-3-4-5-6-7-8-9-10-11-12-14-17-20(2)18-15-13-16-19-21(22)23/h14-15,17-18,20H,3-13,16,19H2,1-2H3,(H,22,23)/b17-14-,18-15-. The lowest BCUT2D eigenvalue weighted by Gasteiger charge is -2.01. The Morgan fingerprint density at radius 2 is 1.30 bits per heavy atom. The van der Waals surface area contributed by atoms with Gasteiger partial charge in [0.05, 0.1) is 0 Å². The molecule has 1 atom stereocenters. The summed E-state index contributed by atoms with van der Waals surface area (Å²) >= 11 is 0. The van der Waals surface area contributed by atoms with Gasteiger partial charge in [0.2, 0.25) is 0 Å². The van der Waals surface area contributed by atoms with Gasteiger partial charge in [-0.05, 0) is 31.6 Å². The summed E-state index contributed by atoms with van der Waals surface area (Å²) in [6.07, 6.45) is 24.4. The zero-order chi connectivity index (χ0) is 17.2. The van der Waals surface area contributed by atoms with Gasteiger partial charge in [0.15, 0.2) is 0 Å². The maximum Gasteiger partial charge on any atom is 0.303 e. The normalized spacial score (nSPS) is 13.1. The monoisotopic (exact) mass is 322 g/mol. The Morgan fingerprint density at radius 1 is 0.826 bits per heavy atom. The SMILES string of the molecule is CCCCCCCCCCC/C=C\C(C)/C=C\CCCC(=O)O. The molecule has 134 valence electrons. The van der Waals surface area contributed by atoms with E-state index >= 15 is 0 Å². The number of carbonyl (C=O) groups is 1. The summed E-state index contributed by atoms with van der Waals surface area (Å²) in [4.78, 5) is 10.4. The van der Waals surface area contributed by atoms with Gasteiger partial charge in [-0.1, -0.05) is 89.5 Å². The molecule has 0 aliphatic carbocycles. The third-order valence-corrected chi connectivity index (χ3v) is 4.12. The molecule has 0 amide bonds. The first-order chi connectivity index (χ1) is 11.2. The highest BCUT2D eigenvalue weighted by molar-refractivity contribution is 5.66. The summed E-state index contributed by atoms with van der Waals surface area (Å²) in [5, 5.41) is 8.56. The molecule has 0 radical (unpaired) electrons. The molecular weight excluding hydrogens is 284 g/mol. The van der Waals surface area contributed by atoms with Gasteiger partial charge in [-0.25, -0.2) is 0 Å². The van der Waals surface area contributed by atoms with Gasteiger partial charge in [0.25, 0.3) is 0 Å². The first kappa shape index (κ1) is 21.9. The number of carboxylic acid groups (broad SMARTS) is 1. The number of hydrogen-bond acceptors (Lipinski definition) is 1. The highest BCUT2D eigenvalue weighted by atomic mass is 16.4. The molecule has 23 heavy (non-hydrogen) atoms. The fraction of sp³-hybridized carbons (Fsp3) is 0.762. The molecule has 0 aromatic heterocycles. The van der Waals surface area contributed by atoms with E-state index in [1.54, 1.807) is 0 Å². The predicted octanol–water partition coefficient (Wildman–Crippen LogP) is 6.91. The molecule has 0 aromatic rings. The van der Waals surface area contributed by atoms with E-state index in [2.05, 4.69) is 38.2 Å². The van der Waals surface area contributed by atoms with E-state index in [1.807, 2.05) is 0 Å². The number of rotatable bonds is 16. The van der Waals surface area contributed by atoms with Gasteiger partial charge < -0.3 is 5.11 Å². The van der Waals surface area contributed by atoms with Crippen molar-refractivity contribution in [1.29, 1.82) is 0 Å². The van der Waals surface area contributed by atoms with Gasteiger partial charge in [-0.2, -0.15) is 0 Å². The molecule has 0 bridgehead atoms. The molecule has 0 saturated carbocycles. The third-order valence-electron chi connectivity index (χ3n) is 4.12. The van der Waals surface area contributed by atoms with Crippen molar-refractivity contribution in [1.82, 2.24) is 0 Å². The number of unbranched alkanes of at least 4 members (excludes halogenated alkanes) is 10. The third kappa shape index (κ3) is 18.9. The largest absolute Gasteiger partial charge is 0.481 e. The lowest BCUT2D eigenvalue weighted by molar-refractivity contribution is -0.137. The zero-order valence-electron chi connectivity index (χ0n) is 15.4. The quantitative estimate of drug-likeness (QED) is 0.247. The first-order valence-corrected chi connectivity index (χ1v) is 9.72. The Bertz CT molecular complexity index is 318. The minimum absolute atomic E-state index is 0.271. The zero-order valence-corrected chi connectivity index (χ0v) is 15.4. The summed E-state index contributed by atoms with van der Waals surface area (Å²) in [7, 11) is 0. The topological polar surface area (TPSA) is 37.3 Å². The van der Waals surface area contributed by atoms with Gasteiger partial charge in [-0.3, -0.25) is 4.79 Å². The van der Waals surface area contributed by atoms with Crippen molar-refractivity contribution in [2.75, 3.05) is 0 Å². The molecule has 0 rings (SSSR count). The van der Waals surface area contributed by atoms with Crippen LogP contribution in [0.5, 0.6) is 0 Å². The van der Waals surface area contributed by atoms with Crippen LogP contribution in [-0.4, -0.2) is 11.1 Å². The summed E-state index contributed by atoms with van der Waals surface area (Å²) in [6.45, 7) is 4.45. The molecule has 1 unspecified atom stereocenters. The van der Waals surface area contributed by atoms with Gasteiger partial charge >= 0.3 is 5.97 Å². The predicted molar refractivity (Wildman–Crippen MR) is 101 cm³/mol. The highest BCUT2D eigenvalue weighted by Gasteiger charge is 1.95. The average Bonchev–Trinajstić information content (AvgIpc) is 2.52. The fourth-order valence-electron chi connectivity index (χ4n) is 2.63. The molecular formula is C21H38O2. The van der Waals surface area contributed by atoms with Crippen LogP contribution in [0.25, 0.3) is 0 Å². The second-order valence-corrected chi connectivity index (χ2v) is 6.62. The maximum absolute atomic E-state index is 10.4. The van der Waals surface area contributed by atoms with Crippen LogP contribution in [0, 0.1) is 5.92 Å². The lowest BCUT2D eigenvalue weighted by Crippen LogP contribution is -1.92. The van der Waals surface area contributed by atoms with Crippen molar-refractivity contribution in [2.24, 2.45) is 5.92 Å². The van der Waals surface area contributed by atoms with Crippen molar-refractivity contribution in [3.05, 3.63) is 24.3 Å². The number of carboxylic acids is 1. The first-order valence-electron chi connectivity index (χ1n) is 9.72. The lowest BCUT2D eigenvalue weighted by atomic mass is 10.1. The van der Waals surface area contributed by atoms with E-state index in [1.165, 1.54) is 64.2 Å². The minimum atomic E-state index is -0.702. The number of hydrogen-bond donors (Lipinski definition) is 1. The van der Waals surface area contributed by atoms with E-state index in [4.69, 9.17) is 5.11 Å². The van der Waals surface area contributed by atoms with E-state index in [9.17, 15) is 4.79 Å². The molecule has 0 saturated heterocycles. The summed E-state index contributed by atoms with van der Waals surface area (Å²) in [5.74, 6) is -0.245. The summed E-state index contributed by atoms with van der Waals surface area (Å²) in [6, 6.07) is 0. The van der Waals surface area contributed by atoms with Crippen molar-refractivity contribution >= 4 is 5.97 Å². The molecule has 1 N–H and O–H groups in total. The van der Waals surface area contributed by atoms with E-state index in [0.29, 0.717) is 5.92 Å². The molecule has 0 aliphatic rings. The van der Waals surface area contributed by atoms with Gasteiger partial charge in [0, 0.05) is 6.42 Å². The highest BCUT2D eigenvalue weighted by Crippen LogP contribution is 2.11. The molecule has 0 aliphatic heterocycles. The summed E-state index contributed by atoms with van der Waals surface area (Å²) < 4.78 is 0. The van der Waals surface area contributed by atoms with Crippen molar-refractivity contribution in [3.63, 3.8) is 0 Å². The smallest absolute Gasteiger partial charge is 0.303 e. The van der Waals surface area contributed by atoms with Crippen molar-refractivity contribution < 1.29 is 9.90 Å². The Kier molecular flexibility index (Phi) is 16.5. The minimum Gasteiger partial charge on any atom is -0.481 e. The molecule has 0 spiro atoms. The Morgan fingerprint density at radius 3 is 1.83 bits per heavy atom. The number of aliphatic carboxylic acids is 1. The van der Waals surface area contributed by atoms with Gasteiger partial charge in [-0.15, -0.1) is 0 Å². The van der Waals surface area contributed by atoms with Crippen LogP contribution in [-0.2, 0) is 4.79 Å². The Hall–Kier alpha value is -1.05. The van der Waals surface area contributed by atoms with Crippen LogP contribution < -0.4 is 0 Å². The molecule has 2 nitrogen and oxygen atoms in total. The fourth-order valence-corrected chi connectivity index (χ4v) is 2.63. The maximum atomic E-state index is 10.4. The van der Waals surface area contributed by atoms with Crippen LogP contribution in [0.1, 0.15) is 97.3 Å². The Balaban J connectivity index is 3.37. The molecule has 2 heteroatoms. The van der Waals surface area contributed by atoms with E-state index in [0.717, 1.165) is 12.8 Å². The van der Waals surface area contributed by atoms with Crippen LogP contribution in [0.3, 0.4) is 0 Å². The number of allylic oxidation sites excluding steroid dienone is 4. The van der Waals surface area contributed by atoms with Crippen LogP contribution in [0.2, 0.25) is 0 Å². The Labute approximate surface area is 144 Å². The second kappa shape index (κ2) is 17.3. The van der Waals surface area contributed by atoms with Crippen LogP contribution in [0.4, 0.5) is 0 Å². The van der Waals surface area contributed by atoms with Crippen molar-refractivity contribution in [2.45, 2.75) is 97.3 Å². The van der Waals surface area contributed by atoms with E-state index in [-0.39, 0.29) is 6.42 Å². The molecule has 0 heterocycles. The van der Waals surface area contributed by atoms with Crippen LogP contribution >= 0.6 is 0 Å². The average molecular weight is 323 g/mol. The van der Waals surface area contributed by atoms with Crippen LogP contribution in [0.15, 0.2) is 24.3 Å². The van der Waals surface area contributed by atoms with E-state index < -0.39 is 5.97 Å². The molecule has 0 aromatic carbocycles. The summed E-state index contributed by atoms with van der Waals surface area (Å²) in [5.41, 5.74) is 0. The van der Waals surface area contributed by atoms with Crippen molar-refractivity contribution in [3.8, 4) is 0 Å². The van der Waals surface area contributed by atoms with Gasteiger partial charge in [0.1, 0.15) is 0 Å². The second-order valence-electron chi connectivity index (χ2n) is 6.62. The molecule has 0 fully saturated rings.